The van der Waals surface area contributed by atoms with Crippen molar-refractivity contribution in [3.8, 4) is 5.75 Å². The Morgan fingerprint density at radius 2 is 1.83 bits per heavy atom. The van der Waals surface area contributed by atoms with Crippen LogP contribution in [0.3, 0.4) is 0 Å². The number of carbonyl (C=O) groups is 1. The van der Waals surface area contributed by atoms with E-state index >= 15 is 0 Å². The number of ether oxygens (including phenoxy) is 1. The second kappa shape index (κ2) is 10.4. The molecular formula is C24H28N4O2. The molecule has 0 aliphatic carbocycles. The van der Waals surface area contributed by atoms with Gasteiger partial charge in [0.2, 0.25) is 5.91 Å². The number of aryl methyl sites for hydroxylation is 3. The Morgan fingerprint density at radius 3 is 2.57 bits per heavy atom. The van der Waals surface area contributed by atoms with Crippen molar-refractivity contribution in [3.05, 3.63) is 71.7 Å². The molecule has 0 atom stereocenters. The van der Waals surface area contributed by atoms with Gasteiger partial charge in [0.1, 0.15) is 17.9 Å². The Balaban J connectivity index is 1.54. The lowest BCUT2D eigenvalue weighted by Crippen LogP contribution is -2.14. The van der Waals surface area contributed by atoms with Gasteiger partial charge in [-0.3, -0.25) is 4.79 Å². The fourth-order valence-corrected chi connectivity index (χ4v) is 3.02. The number of amides is 1. The molecule has 0 aliphatic rings. The van der Waals surface area contributed by atoms with Gasteiger partial charge in [0, 0.05) is 29.6 Å². The molecule has 0 unspecified atom stereocenters. The van der Waals surface area contributed by atoms with Crippen LogP contribution >= 0.6 is 0 Å². The maximum atomic E-state index is 12.4. The average molecular weight is 405 g/mol. The molecule has 0 saturated carbocycles. The van der Waals surface area contributed by atoms with E-state index in [0.29, 0.717) is 19.4 Å². The number of rotatable bonds is 9. The Kier molecular flexibility index (Phi) is 7.38. The number of aromatic nitrogens is 2. The molecule has 1 aromatic heterocycles. The number of nitrogens with one attached hydrogen (secondary N) is 2. The SMILES string of the molecule is CCc1ccc(Nc2cc(C)ncn2)cc1NC(=O)CCCOc1ccc(C)cc1. The fourth-order valence-electron chi connectivity index (χ4n) is 3.02. The van der Waals surface area contributed by atoms with E-state index < -0.39 is 0 Å². The van der Waals surface area contributed by atoms with Crippen LogP contribution in [0.25, 0.3) is 0 Å². The largest absolute Gasteiger partial charge is 0.494 e. The molecule has 0 bridgehead atoms. The van der Waals surface area contributed by atoms with E-state index in [9.17, 15) is 4.79 Å². The molecule has 30 heavy (non-hydrogen) atoms. The number of hydrogen-bond acceptors (Lipinski definition) is 5. The number of benzene rings is 2. The van der Waals surface area contributed by atoms with Crippen molar-refractivity contribution < 1.29 is 9.53 Å². The van der Waals surface area contributed by atoms with E-state index in [1.807, 2.05) is 62.4 Å². The summed E-state index contributed by atoms with van der Waals surface area (Å²) in [4.78, 5) is 20.8. The van der Waals surface area contributed by atoms with Crippen LogP contribution in [-0.4, -0.2) is 22.5 Å². The summed E-state index contributed by atoms with van der Waals surface area (Å²) in [5.41, 5.74) is 4.85. The zero-order valence-electron chi connectivity index (χ0n) is 17.7. The van der Waals surface area contributed by atoms with Gasteiger partial charge >= 0.3 is 0 Å². The first-order valence-electron chi connectivity index (χ1n) is 10.2. The van der Waals surface area contributed by atoms with Gasteiger partial charge in [-0.05, 0) is 56.5 Å². The number of anilines is 3. The Labute approximate surface area is 177 Å². The summed E-state index contributed by atoms with van der Waals surface area (Å²) in [6.07, 6.45) is 3.41. The molecule has 0 radical (unpaired) electrons. The van der Waals surface area contributed by atoms with Gasteiger partial charge in [-0.1, -0.05) is 30.7 Å². The van der Waals surface area contributed by atoms with Crippen molar-refractivity contribution in [1.29, 1.82) is 0 Å². The molecule has 6 nitrogen and oxygen atoms in total. The molecular weight excluding hydrogens is 376 g/mol. The van der Waals surface area contributed by atoms with E-state index in [-0.39, 0.29) is 5.91 Å². The van der Waals surface area contributed by atoms with Crippen LogP contribution in [-0.2, 0) is 11.2 Å². The minimum absolute atomic E-state index is 0.0211. The molecule has 2 aromatic carbocycles. The van der Waals surface area contributed by atoms with Crippen LogP contribution in [0, 0.1) is 13.8 Å². The van der Waals surface area contributed by atoms with Gasteiger partial charge in [-0.25, -0.2) is 9.97 Å². The Morgan fingerprint density at radius 1 is 1.03 bits per heavy atom. The highest BCUT2D eigenvalue weighted by molar-refractivity contribution is 5.92. The van der Waals surface area contributed by atoms with E-state index in [1.165, 1.54) is 11.9 Å². The molecule has 2 N–H and O–H groups in total. The fraction of sp³-hybridized carbons (Fsp3) is 0.292. The van der Waals surface area contributed by atoms with Gasteiger partial charge in [-0.2, -0.15) is 0 Å². The van der Waals surface area contributed by atoms with Crippen LogP contribution in [0.2, 0.25) is 0 Å². The van der Waals surface area contributed by atoms with Crippen molar-refractivity contribution in [3.63, 3.8) is 0 Å². The molecule has 156 valence electrons. The third-order valence-corrected chi connectivity index (χ3v) is 4.68. The lowest BCUT2D eigenvalue weighted by Gasteiger charge is -2.13. The zero-order chi connectivity index (χ0) is 21.3. The minimum atomic E-state index is -0.0211. The third-order valence-electron chi connectivity index (χ3n) is 4.68. The average Bonchev–Trinajstić information content (AvgIpc) is 2.73. The summed E-state index contributed by atoms with van der Waals surface area (Å²) < 4.78 is 5.70. The molecule has 0 spiro atoms. The first-order valence-corrected chi connectivity index (χ1v) is 10.2. The summed E-state index contributed by atoms with van der Waals surface area (Å²) in [7, 11) is 0. The predicted octanol–water partition coefficient (Wildman–Crippen LogP) is 5.20. The van der Waals surface area contributed by atoms with E-state index in [2.05, 4.69) is 27.5 Å². The second-order valence-electron chi connectivity index (χ2n) is 7.21. The smallest absolute Gasteiger partial charge is 0.224 e. The zero-order valence-corrected chi connectivity index (χ0v) is 17.7. The molecule has 0 aliphatic heterocycles. The maximum Gasteiger partial charge on any atom is 0.224 e. The predicted molar refractivity (Wildman–Crippen MR) is 120 cm³/mol. The van der Waals surface area contributed by atoms with Crippen molar-refractivity contribution in [1.82, 2.24) is 9.97 Å². The number of nitrogens with zero attached hydrogens (tertiary/aromatic N) is 2. The Bertz CT molecular complexity index is 987. The van der Waals surface area contributed by atoms with Gasteiger partial charge in [-0.15, -0.1) is 0 Å². The van der Waals surface area contributed by atoms with E-state index in [1.54, 1.807) is 0 Å². The van der Waals surface area contributed by atoms with Crippen molar-refractivity contribution in [2.45, 2.75) is 40.0 Å². The van der Waals surface area contributed by atoms with Gasteiger partial charge in [0.25, 0.3) is 0 Å². The highest BCUT2D eigenvalue weighted by atomic mass is 16.5. The summed E-state index contributed by atoms with van der Waals surface area (Å²) in [6, 6.07) is 15.7. The summed E-state index contributed by atoms with van der Waals surface area (Å²) in [5, 5.41) is 6.30. The molecule has 0 fully saturated rings. The summed E-state index contributed by atoms with van der Waals surface area (Å²) >= 11 is 0. The molecule has 0 saturated heterocycles. The van der Waals surface area contributed by atoms with Gasteiger partial charge < -0.3 is 15.4 Å². The first kappa shape index (κ1) is 21.3. The maximum absolute atomic E-state index is 12.4. The van der Waals surface area contributed by atoms with Crippen LogP contribution in [0.15, 0.2) is 54.9 Å². The molecule has 1 heterocycles. The lowest BCUT2D eigenvalue weighted by molar-refractivity contribution is -0.116. The quantitative estimate of drug-likeness (QED) is 0.480. The van der Waals surface area contributed by atoms with Crippen LogP contribution in [0.5, 0.6) is 5.75 Å². The molecule has 1 amide bonds. The highest BCUT2D eigenvalue weighted by Gasteiger charge is 2.08. The van der Waals surface area contributed by atoms with Crippen LogP contribution in [0.4, 0.5) is 17.2 Å². The minimum Gasteiger partial charge on any atom is -0.494 e. The van der Waals surface area contributed by atoms with Crippen LogP contribution < -0.4 is 15.4 Å². The van der Waals surface area contributed by atoms with Crippen LogP contribution in [0.1, 0.15) is 36.6 Å². The van der Waals surface area contributed by atoms with E-state index in [0.717, 1.165) is 40.6 Å². The monoisotopic (exact) mass is 404 g/mol. The van der Waals surface area contributed by atoms with E-state index in [4.69, 9.17) is 4.74 Å². The second-order valence-corrected chi connectivity index (χ2v) is 7.21. The number of hydrogen-bond donors (Lipinski definition) is 2. The molecule has 3 aromatic rings. The normalized spacial score (nSPS) is 10.5. The van der Waals surface area contributed by atoms with Crippen molar-refractivity contribution in [2.24, 2.45) is 0 Å². The standard InChI is InChI=1S/C24H28N4O2/c1-4-19-9-10-20(27-23-14-18(3)25-16-26-23)15-22(19)28-24(29)6-5-13-30-21-11-7-17(2)8-12-21/h7-12,14-16H,4-6,13H2,1-3H3,(H,28,29)(H,25,26,27). The Hall–Kier alpha value is -3.41. The van der Waals surface area contributed by atoms with Gasteiger partial charge in [0.05, 0.1) is 6.61 Å². The summed E-state index contributed by atoms with van der Waals surface area (Å²) in [5.74, 6) is 1.53. The topological polar surface area (TPSA) is 76.1 Å². The highest BCUT2D eigenvalue weighted by Crippen LogP contribution is 2.24. The summed E-state index contributed by atoms with van der Waals surface area (Å²) in [6.45, 7) is 6.53. The lowest BCUT2D eigenvalue weighted by atomic mass is 10.1. The molecule has 6 heteroatoms. The van der Waals surface area contributed by atoms with Gasteiger partial charge in [0.15, 0.2) is 0 Å². The van der Waals surface area contributed by atoms with Crippen molar-refractivity contribution >= 4 is 23.1 Å². The number of carbonyl (C=O) groups excluding carboxylic acids is 1. The first-order chi connectivity index (χ1) is 14.5. The molecule has 3 rings (SSSR count). The van der Waals surface area contributed by atoms with Crippen molar-refractivity contribution in [2.75, 3.05) is 17.2 Å². The third kappa shape index (κ3) is 6.30.